The van der Waals surface area contributed by atoms with E-state index in [0.29, 0.717) is 45.3 Å². The number of benzene rings is 2. The number of Topliss-reactive ketones (excluding diaryl/α,β-unsaturated/α-hetero) is 2. The summed E-state index contributed by atoms with van der Waals surface area (Å²) >= 11 is 2.62. The zero-order valence-electron chi connectivity index (χ0n) is 26.3. The highest BCUT2D eigenvalue weighted by Crippen LogP contribution is 2.39. The van der Waals surface area contributed by atoms with E-state index in [1.807, 2.05) is 29.6 Å². The fraction of sp³-hybridized carbons (Fsp3) is 0.243. The van der Waals surface area contributed by atoms with Crippen molar-refractivity contribution < 1.29 is 23.9 Å². The lowest BCUT2D eigenvalue weighted by atomic mass is 9.86. The Morgan fingerprint density at radius 3 is 2.26 bits per heavy atom. The lowest BCUT2D eigenvalue weighted by Crippen LogP contribution is -2.22. The fourth-order valence-corrected chi connectivity index (χ4v) is 6.73. The van der Waals surface area contributed by atoms with E-state index in [2.05, 4.69) is 43.2 Å². The molecule has 1 amide bonds. The van der Waals surface area contributed by atoms with Crippen LogP contribution in [0.2, 0.25) is 0 Å². The lowest BCUT2D eigenvalue weighted by Gasteiger charge is -2.19. The third-order valence-corrected chi connectivity index (χ3v) is 9.83. The number of aliphatic imine (C=N–C) groups is 1. The van der Waals surface area contributed by atoms with Crippen LogP contribution >= 0.6 is 22.7 Å². The predicted octanol–water partition coefficient (Wildman–Crippen LogP) is 8.51. The summed E-state index contributed by atoms with van der Waals surface area (Å²) in [6, 6.07) is 22.3. The van der Waals surface area contributed by atoms with Gasteiger partial charge in [-0.25, -0.2) is 0 Å². The normalized spacial score (nSPS) is 11.9. The number of carbonyl (C=O) groups is 3. The van der Waals surface area contributed by atoms with Crippen molar-refractivity contribution in [1.29, 1.82) is 0 Å². The Bertz CT molecular complexity index is 1860. The predicted molar refractivity (Wildman–Crippen MR) is 185 cm³/mol. The van der Waals surface area contributed by atoms with Gasteiger partial charge in [0.15, 0.2) is 11.6 Å². The summed E-state index contributed by atoms with van der Waals surface area (Å²) in [5.41, 5.74) is 4.85. The minimum Gasteiger partial charge on any atom is -0.506 e. The van der Waals surface area contributed by atoms with Crippen molar-refractivity contribution in [3.8, 4) is 16.2 Å². The largest absolute Gasteiger partial charge is 0.506 e. The average Bonchev–Trinajstić information content (AvgIpc) is 3.83. The van der Waals surface area contributed by atoms with Crippen LogP contribution in [-0.4, -0.2) is 34.8 Å². The number of hydrogen-bond acceptors (Lipinski definition) is 8. The van der Waals surface area contributed by atoms with Gasteiger partial charge in [-0.05, 0) is 71.8 Å². The summed E-state index contributed by atoms with van der Waals surface area (Å²) < 4.78 is 5.23. The Morgan fingerprint density at radius 2 is 1.61 bits per heavy atom. The average molecular weight is 653 g/mol. The minimum absolute atomic E-state index is 0.0459. The van der Waals surface area contributed by atoms with Gasteiger partial charge < -0.3 is 14.8 Å². The molecule has 0 aliphatic rings. The van der Waals surface area contributed by atoms with E-state index in [1.165, 1.54) is 28.2 Å². The van der Waals surface area contributed by atoms with Crippen molar-refractivity contribution in [3.05, 3.63) is 122 Å². The molecule has 0 spiro atoms. The van der Waals surface area contributed by atoms with Gasteiger partial charge in [-0.2, -0.15) is 0 Å². The molecule has 0 saturated heterocycles. The molecule has 9 heteroatoms. The van der Waals surface area contributed by atoms with Crippen LogP contribution in [0.4, 0.5) is 0 Å². The van der Waals surface area contributed by atoms with Gasteiger partial charge in [0.1, 0.15) is 18.1 Å². The third-order valence-electron chi connectivity index (χ3n) is 7.64. The van der Waals surface area contributed by atoms with Crippen LogP contribution in [0, 0.1) is 0 Å². The van der Waals surface area contributed by atoms with Crippen LogP contribution in [-0.2, 0) is 18.4 Å². The lowest BCUT2D eigenvalue weighted by molar-refractivity contribution is 0.0945. The molecule has 2 aromatic carbocycles. The zero-order chi connectivity index (χ0) is 32.8. The van der Waals surface area contributed by atoms with Gasteiger partial charge in [0.2, 0.25) is 0 Å². The van der Waals surface area contributed by atoms with Crippen LogP contribution in [0.5, 0.6) is 5.75 Å². The van der Waals surface area contributed by atoms with Crippen molar-refractivity contribution in [2.24, 2.45) is 4.99 Å². The number of carbonyl (C=O) groups excluding carboxylic acids is 3. The third kappa shape index (κ3) is 7.97. The van der Waals surface area contributed by atoms with Crippen molar-refractivity contribution >= 4 is 45.9 Å². The second kappa shape index (κ2) is 14.2. The number of aryl methyl sites for hydroxylation is 1. The van der Waals surface area contributed by atoms with E-state index >= 15 is 0 Å². The summed E-state index contributed by atoms with van der Waals surface area (Å²) in [7, 11) is 0. The first-order valence-corrected chi connectivity index (χ1v) is 16.7. The molecule has 3 heterocycles. The number of rotatable bonds is 12. The van der Waals surface area contributed by atoms with Crippen LogP contribution < -0.4 is 5.32 Å². The molecule has 0 aliphatic carbocycles. The Labute approximate surface area is 276 Å². The van der Waals surface area contributed by atoms with Crippen LogP contribution in [0.15, 0.2) is 93.8 Å². The number of furan rings is 1. The van der Waals surface area contributed by atoms with E-state index < -0.39 is 0 Å². The Hall–Kier alpha value is -4.60. The van der Waals surface area contributed by atoms with Gasteiger partial charge >= 0.3 is 0 Å². The molecule has 0 atom stereocenters. The van der Waals surface area contributed by atoms with E-state index in [1.54, 1.807) is 49.6 Å². The van der Waals surface area contributed by atoms with E-state index in [0.717, 1.165) is 16.0 Å². The maximum absolute atomic E-state index is 12.9. The minimum atomic E-state index is -0.201. The highest BCUT2D eigenvalue weighted by Gasteiger charge is 2.18. The highest BCUT2D eigenvalue weighted by molar-refractivity contribution is 7.16. The number of amides is 1. The van der Waals surface area contributed by atoms with Gasteiger partial charge in [0.05, 0.1) is 27.4 Å². The van der Waals surface area contributed by atoms with E-state index in [9.17, 15) is 19.5 Å². The Balaban J connectivity index is 1.13. The van der Waals surface area contributed by atoms with Gasteiger partial charge in [0, 0.05) is 28.6 Å². The van der Waals surface area contributed by atoms with Crippen LogP contribution in [0.25, 0.3) is 10.4 Å². The number of thiophene rings is 2. The van der Waals surface area contributed by atoms with E-state index in [4.69, 9.17) is 4.42 Å². The monoisotopic (exact) mass is 652 g/mol. The molecule has 3 aromatic heterocycles. The second-order valence-corrected chi connectivity index (χ2v) is 14.0. The Morgan fingerprint density at radius 1 is 0.913 bits per heavy atom. The highest BCUT2D eigenvalue weighted by atomic mass is 32.1. The number of nitrogens with one attached hydrogen (secondary N) is 1. The first kappa shape index (κ1) is 32.8. The second-order valence-electron chi connectivity index (χ2n) is 12.0. The molecular weight excluding hydrogens is 617 g/mol. The van der Waals surface area contributed by atoms with Crippen LogP contribution in [0.3, 0.4) is 0 Å². The molecule has 0 unspecified atom stereocenters. The maximum atomic E-state index is 12.9. The maximum Gasteiger partial charge on any atom is 0.251 e. The van der Waals surface area contributed by atoms with Gasteiger partial charge in [-0.3, -0.25) is 19.4 Å². The number of nitrogens with zero attached hydrogens (tertiary/aromatic N) is 1. The summed E-state index contributed by atoms with van der Waals surface area (Å²) in [5.74, 6) is 0.408. The van der Waals surface area contributed by atoms with Crippen molar-refractivity contribution in [3.63, 3.8) is 0 Å². The van der Waals surface area contributed by atoms with Gasteiger partial charge in [-0.15, -0.1) is 22.7 Å². The Kier molecular flexibility index (Phi) is 10.1. The molecule has 46 heavy (non-hydrogen) atoms. The smallest absolute Gasteiger partial charge is 0.251 e. The molecule has 0 aliphatic heterocycles. The summed E-state index contributed by atoms with van der Waals surface area (Å²) in [4.78, 5) is 44.4. The van der Waals surface area contributed by atoms with Crippen molar-refractivity contribution in [1.82, 2.24) is 5.32 Å². The first-order valence-electron chi connectivity index (χ1n) is 15.0. The van der Waals surface area contributed by atoms with Gasteiger partial charge in [-0.1, -0.05) is 57.2 Å². The molecule has 5 rings (SSSR count). The zero-order valence-corrected chi connectivity index (χ0v) is 27.9. The van der Waals surface area contributed by atoms with Gasteiger partial charge in [0.25, 0.3) is 5.91 Å². The standard InChI is InChI=1S/C37H36N2O5S2/c1-23(29-22-45-35(34(29)42)25-12-14-27(15-13-25)37(2,3)4)38-21-31(41)33-18-17-32(46-33)30(40)16-9-24-7-10-26(11-8-24)36(43)39-20-28-6-5-19-44-28/h5-8,10-15,17-19,22,42H,9,16,20-21H2,1-4H3,(H,39,43). The molecule has 2 N–H and O–H groups in total. The molecule has 0 radical (unpaired) electrons. The molecule has 0 fully saturated rings. The summed E-state index contributed by atoms with van der Waals surface area (Å²) in [5, 5.41) is 15.6. The van der Waals surface area contributed by atoms with E-state index in [-0.39, 0.29) is 41.6 Å². The molecule has 0 saturated carbocycles. The number of hydrogen-bond donors (Lipinski definition) is 2. The topological polar surface area (TPSA) is 109 Å². The molecule has 5 aromatic rings. The molecule has 7 nitrogen and oxygen atoms in total. The summed E-state index contributed by atoms with van der Waals surface area (Å²) in [6.07, 6.45) is 2.36. The molecule has 236 valence electrons. The van der Waals surface area contributed by atoms with Crippen molar-refractivity contribution in [2.75, 3.05) is 6.54 Å². The quantitative estimate of drug-likeness (QED) is 0.104. The van der Waals surface area contributed by atoms with Crippen molar-refractivity contribution in [2.45, 2.75) is 52.5 Å². The summed E-state index contributed by atoms with van der Waals surface area (Å²) in [6.45, 7) is 8.51. The SMILES string of the molecule is CC(=NCC(=O)c1ccc(C(=O)CCc2ccc(C(=O)NCc3ccco3)cc2)s1)c1csc(-c2ccc(C(C)(C)C)cc2)c1O. The number of ketones is 2. The fourth-order valence-electron chi connectivity index (χ4n) is 4.81. The van der Waals surface area contributed by atoms with Crippen LogP contribution in [0.1, 0.15) is 86.3 Å². The molecule has 0 bridgehead atoms. The first-order chi connectivity index (χ1) is 22.0. The molecular formula is C37H36N2O5S2. The number of aromatic hydroxyl groups is 1.